The van der Waals surface area contributed by atoms with Crippen molar-refractivity contribution in [3.05, 3.63) is 101 Å². The van der Waals surface area contributed by atoms with E-state index in [4.69, 9.17) is 9.51 Å². The van der Waals surface area contributed by atoms with E-state index < -0.39 is 5.97 Å². The van der Waals surface area contributed by atoms with Crippen molar-refractivity contribution in [3.63, 3.8) is 0 Å². The van der Waals surface area contributed by atoms with Gasteiger partial charge in [0.1, 0.15) is 0 Å². The summed E-state index contributed by atoms with van der Waals surface area (Å²) in [6.07, 6.45) is 2.35. The molecule has 1 unspecified atom stereocenters. The smallest absolute Gasteiger partial charge is 0.335 e. The van der Waals surface area contributed by atoms with Crippen molar-refractivity contribution >= 4 is 16.7 Å². The van der Waals surface area contributed by atoms with E-state index >= 15 is 0 Å². The van der Waals surface area contributed by atoms with Crippen molar-refractivity contribution in [1.29, 1.82) is 0 Å². The van der Waals surface area contributed by atoms with Gasteiger partial charge in [0.05, 0.1) is 29.3 Å². The Labute approximate surface area is 194 Å². The first-order valence-electron chi connectivity index (χ1n) is 11.0. The van der Waals surface area contributed by atoms with E-state index in [9.17, 15) is 9.90 Å². The molecular weight excluding hydrogens is 430 g/mol. The molecule has 0 amide bonds. The molecule has 34 heavy (non-hydrogen) atoms. The summed E-state index contributed by atoms with van der Waals surface area (Å²) in [4.78, 5) is 25.9. The van der Waals surface area contributed by atoms with Crippen LogP contribution in [0, 0.1) is 0 Å². The molecule has 5 aromatic rings. The number of aromatic nitrogens is 4. The fourth-order valence-electron chi connectivity index (χ4n) is 4.50. The lowest BCUT2D eigenvalue weighted by molar-refractivity contribution is 0.0697. The lowest BCUT2D eigenvalue weighted by Gasteiger charge is -2.32. The van der Waals surface area contributed by atoms with Gasteiger partial charge in [0.15, 0.2) is 0 Å². The number of nitrogens with one attached hydrogen (secondary N) is 1. The van der Waals surface area contributed by atoms with Crippen molar-refractivity contribution < 1.29 is 14.4 Å². The Kier molecular flexibility index (Phi) is 4.92. The molecule has 2 N–H and O–H groups in total. The van der Waals surface area contributed by atoms with E-state index in [1.54, 1.807) is 18.5 Å². The monoisotopic (exact) mass is 451 g/mol. The molecule has 8 nitrogen and oxygen atoms in total. The van der Waals surface area contributed by atoms with Gasteiger partial charge in [-0.3, -0.25) is 4.90 Å². The molecule has 0 radical (unpaired) electrons. The minimum absolute atomic E-state index is 0.142. The third kappa shape index (κ3) is 3.74. The largest absolute Gasteiger partial charge is 0.478 e. The summed E-state index contributed by atoms with van der Waals surface area (Å²) in [6, 6.07) is 21.1. The number of H-pyrrole nitrogens is 1. The van der Waals surface area contributed by atoms with Crippen molar-refractivity contribution in [3.8, 4) is 11.4 Å². The maximum Gasteiger partial charge on any atom is 0.335 e. The van der Waals surface area contributed by atoms with Crippen LogP contribution in [0.4, 0.5) is 0 Å². The Hall–Kier alpha value is -4.30. The summed E-state index contributed by atoms with van der Waals surface area (Å²) in [7, 11) is 0. The van der Waals surface area contributed by atoms with Crippen LogP contribution < -0.4 is 0 Å². The Morgan fingerprint density at radius 1 is 1.09 bits per heavy atom. The van der Waals surface area contributed by atoms with E-state index in [1.165, 1.54) is 0 Å². The lowest BCUT2D eigenvalue weighted by Crippen LogP contribution is -2.34. The summed E-state index contributed by atoms with van der Waals surface area (Å²) in [5, 5.41) is 15.7. The molecule has 3 heterocycles. The first-order valence-corrected chi connectivity index (χ1v) is 11.0. The standard InChI is InChI=1S/C26H21N5O3/c32-26(33)18-7-5-16(6-8-18)13-31-14-22-21(27-15-28-22)12-23(31)25-29-24(30-34-25)20-10-9-17-3-1-2-4-19(17)11-20/h1-11,15,23H,12-14H2,(H,27,28)(H,32,33). The molecule has 1 aliphatic rings. The molecule has 0 saturated heterocycles. The molecule has 8 heteroatoms. The van der Waals surface area contributed by atoms with Crippen molar-refractivity contribution in [1.82, 2.24) is 25.0 Å². The molecular formula is C26H21N5O3. The van der Waals surface area contributed by atoms with Gasteiger partial charge in [0.2, 0.25) is 11.7 Å². The maximum absolute atomic E-state index is 11.2. The summed E-state index contributed by atoms with van der Waals surface area (Å²) in [5.74, 6) is 0.162. The van der Waals surface area contributed by atoms with Gasteiger partial charge in [-0.05, 0) is 34.5 Å². The number of benzene rings is 3. The average molecular weight is 451 g/mol. The Bertz CT molecular complexity index is 1490. The predicted molar refractivity (Wildman–Crippen MR) is 125 cm³/mol. The van der Waals surface area contributed by atoms with Crippen LogP contribution in [0.25, 0.3) is 22.2 Å². The number of carboxylic acids is 1. The Balaban J connectivity index is 1.31. The number of nitrogens with zero attached hydrogens (tertiary/aromatic N) is 4. The summed E-state index contributed by atoms with van der Waals surface area (Å²) in [6.45, 7) is 1.26. The zero-order valence-electron chi connectivity index (χ0n) is 18.2. The van der Waals surface area contributed by atoms with Crippen LogP contribution in [0.1, 0.15) is 39.2 Å². The summed E-state index contributed by atoms with van der Waals surface area (Å²) in [5.41, 5.74) is 4.24. The van der Waals surface area contributed by atoms with Crippen molar-refractivity contribution in [2.45, 2.75) is 25.6 Å². The second-order valence-electron chi connectivity index (χ2n) is 8.47. The zero-order valence-corrected chi connectivity index (χ0v) is 18.2. The van der Waals surface area contributed by atoms with Crippen LogP contribution in [0.15, 0.2) is 77.6 Å². The van der Waals surface area contributed by atoms with Gasteiger partial charge in [0.25, 0.3) is 0 Å². The number of aromatic carboxylic acids is 1. The highest BCUT2D eigenvalue weighted by molar-refractivity contribution is 5.87. The van der Waals surface area contributed by atoms with E-state index in [-0.39, 0.29) is 11.6 Å². The number of hydrogen-bond acceptors (Lipinski definition) is 6. The molecule has 2 aromatic heterocycles. The number of carboxylic acid groups (broad SMARTS) is 1. The first kappa shape index (κ1) is 20.3. The third-order valence-electron chi connectivity index (χ3n) is 6.32. The van der Waals surface area contributed by atoms with Crippen LogP contribution in [0.2, 0.25) is 0 Å². The third-order valence-corrected chi connectivity index (χ3v) is 6.32. The van der Waals surface area contributed by atoms with E-state index in [1.807, 2.05) is 30.3 Å². The number of aromatic amines is 1. The molecule has 6 rings (SSSR count). The van der Waals surface area contributed by atoms with Gasteiger partial charge in [0, 0.05) is 25.1 Å². The van der Waals surface area contributed by atoms with Gasteiger partial charge in [-0.1, -0.05) is 53.7 Å². The minimum Gasteiger partial charge on any atom is -0.478 e. The number of carbonyl (C=O) groups is 1. The molecule has 1 aliphatic heterocycles. The summed E-state index contributed by atoms with van der Waals surface area (Å²) < 4.78 is 5.76. The van der Waals surface area contributed by atoms with Crippen LogP contribution >= 0.6 is 0 Å². The second kappa shape index (κ2) is 8.24. The Morgan fingerprint density at radius 2 is 1.91 bits per heavy atom. The zero-order chi connectivity index (χ0) is 23.1. The van der Waals surface area contributed by atoms with Gasteiger partial charge in [-0.2, -0.15) is 4.98 Å². The molecule has 0 spiro atoms. The molecule has 0 bridgehead atoms. The number of fused-ring (bicyclic) bond motifs is 2. The second-order valence-corrected chi connectivity index (χ2v) is 8.47. The van der Waals surface area contributed by atoms with E-state index in [0.29, 0.717) is 31.2 Å². The topological polar surface area (TPSA) is 108 Å². The number of imidazole rings is 1. The van der Waals surface area contributed by atoms with Crippen LogP contribution in [0.5, 0.6) is 0 Å². The molecule has 3 aromatic carbocycles. The highest BCUT2D eigenvalue weighted by Gasteiger charge is 2.33. The Morgan fingerprint density at radius 3 is 2.74 bits per heavy atom. The molecule has 168 valence electrons. The van der Waals surface area contributed by atoms with Gasteiger partial charge in [-0.25, -0.2) is 9.78 Å². The van der Waals surface area contributed by atoms with Crippen LogP contribution in [0.3, 0.4) is 0 Å². The van der Waals surface area contributed by atoms with E-state index in [0.717, 1.165) is 33.3 Å². The van der Waals surface area contributed by atoms with Crippen molar-refractivity contribution in [2.24, 2.45) is 0 Å². The average Bonchev–Trinajstić information content (AvgIpc) is 3.53. The lowest BCUT2D eigenvalue weighted by atomic mass is 10.0. The summed E-state index contributed by atoms with van der Waals surface area (Å²) >= 11 is 0. The predicted octanol–water partition coefficient (Wildman–Crippen LogP) is 4.61. The highest BCUT2D eigenvalue weighted by atomic mass is 16.5. The molecule has 0 saturated carbocycles. The number of hydrogen-bond donors (Lipinski definition) is 2. The van der Waals surface area contributed by atoms with Crippen molar-refractivity contribution in [2.75, 3.05) is 0 Å². The fraction of sp³-hybridized carbons (Fsp3) is 0.154. The maximum atomic E-state index is 11.2. The first-order chi connectivity index (χ1) is 16.6. The SMILES string of the molecule is O=C(O)c1ccc(CN2Cc3[nH]cnc3CC2c2nc(-c3ccc4ccccc4c3)no2)cc1. The molecule has 1 atom stereocenters. The van der Waals surface area contributed by atoms with Gasteiger partial charge >= 0.3 is 5.97 Å². The normalized spacial score (nSPS) is 15.9. The molecule has 0 fully saturated rings. The fourth-order valence-corrected chi connectivity index (χ4v) is 4.50. The number of rotatable bonds is 5. The van der Waals surface area contributed by atoms with Gasteiger partial charge in [-0.15, -0.1) is 0 Å². The molecule has 0 aliphatic carbocycles. The quantitative estimate of drug-likeness (QED) is 0.402. The minimum atomic E-state index is -0.934. The van der Waals surface area contributed by atoms with Crippen LogP contribution in [-0.2, 0) is 19.5 Å². The highest BCUT2D eigenvalue weighted by Crippen LogP contribution is 2.33. The van der Waals surface area contributed by atoms with E-state index in [2.05, 4.69) is 44.3 Å². The van der Waals surface area contributed by atoms with Gasteiger partial charge < -0.3 is 14.6 Å². The van der Waals surface area contributed by atoms with Crippen LogP contribution in [-0.4, -0.2) is 36.1 Å².